The molecular formula is C31H36Cl2N6O2. The van der Waals surface area contributed by atoms with E-state index in [2.05, 4.69) is 35.6 Å². The zero-order valence-electron chi connectivity index (χ0n) is 23.5. The molecule has 0 radical (unpaired) electrons. The molecule has 2 aliphatic heterocycles. The number of likely N-dealkylation sites (tertiary alicyclic amines) is 1. The highest BCUT2D eigenvalue weighted by Gasteiger charge is 2.45. The first-order valence-corrected chi connectivity index (χ1v) is 15.3. The third-order valence-corrected chi connectivity index (χ3v) is 10.1. The minimum absolute atomic E-state index is 0.0863. The molecule has 216 valence electrons. The Morgan fingerprint density at radius 3 is 2.80 bits per heavy atom. The maximum Gasteiger partial charge on any atom is 0.318 e. The topological polar surface area (TPSA) is 85.6 Å². The van der Waals surface area contributed by atoms with Crippen molar-refractivity contribution < 1.29 is 9.53 Å². The first-order chi connectivity index (χ1) is 19.8. The average molecular weight is 596 g/mol. The van der Waals surface area contributed by atoms with Gasteiger partial charge in [0.1, 0.15) is 12.4 Å². The van der Waals surface area contributed by atoms with Gasteiger partial charge in [0.25, 0.3) is 0 Å². The van der Waals surface area contributed by atoms with Crippen LogP contribution in [0.4, 0.5) is 5.82 Å². The summed E-state index contributed by atoms with van der Waals surface area (Å²) in [6, 6.07) is 6.70. The number of amides is 1. The maximum atomic E-state index is 12.5. The molecule has 2 aromatic rings. The van der Waals surface area contributed by atoms with E-state index in [1.54, 1.807) is 4.90 Å². The number of benzene rings is 1. The number of carbonyl (C=O) groups excluding carboxylic acids is 1. The van der Waals surface area contributed by atoms with E-state index in [0.717, 1.165) is 67.2 Å². The second kappa shape index (κ2) is 11.4. The molecule has 2 aliphatic carbocycles. The van der Waals surface area contributed by atoms with Gasteiger partial charge in [-0.3, -0.25) is 4.79 Å². The molecule has 8 nitrogen and oxygen atoms in total. The standard InChI is InChI=1S/C31H36Cl2N6O2/c1-3-27(40)39-14-13-38(18-22(39)8-11-34)29-24-7-10-31(9-6-20-15-21(32)16-25(33)28(20)31)17-26(24)35-30(36-29)41-19-23-5-4-12-37(23)2/h3,15-16,22-23H,1,4-10,12-14,17-19H2,2H3. The van der Waals surface area contributed by atoms with Crippen molar-refractivity contribution >= 4 is 34.9 Å². The number of hydrogen-bond acceptors (Lipinski definition) is 7. The van der Waals surface area contributed by atoms with Crippen molar-refractivity contribution in [2.45, 2.75) is 68.9 Å². The zero-order chi connectivity index (χ0) is 28.7. The first-order valence-electron chi connectivity index (χ1n) is 14.6. The van der Waals surface area contributed by atoms with Crippen molar-refractivity contribution in [1.82, 2.24) is 19.8 Å². The second-order valence-corrected chi connectivity index (χ2v) is 12.8. The molecule has 0 N–H and O–H groups in total. The van der Waals surface area contributed by atoms with E-state index in [-0.39, 0.29) is 23.8 Å². The van der Waals surface area contributed by atoms with Gasteiger partial charge in [-0.1, -0.05) is 29.8 Å². The van der Waals surface area contributed by atoms with Gasteiger partial charge in [0.05, 0.1) is 24.2 Å². The Bertz CT molecular complexity index is 1410. The van der Waals surface area contributed by atoms with Crippen molar-refractivity contribution in [3.63, 3.8) is 0 Å². The molecule has 1 amide bonds. The van der Waals surface area contributed by atoms with Crippen LogP contribution in [0.5, 0.6) is 6.01 Å². The summed E-state index contributed by atoms with van der Waals surface area (Å²) in [4.78, 5) is 28.9. The number of anilines is 1. The molecule has 10 heteroatoms. The van der Waals surface area contributed by atoms with E-state index >= 15 is 0 Å². The summed E-state index contributed by atoms with van der Waals surface area (Å²) in [7, 11) is 2.14. The van der Waals surface area contributed by atoms with Crippen LogP contribution in [0.15, 0.2) is 24.8 Å². The number of fused-ring (bicyclic) bond motifs is 3. The number of aromatic nitrogens is 2. The summed E-state index contributed by atoms with van der Waals surface area (Å²) in [5.41, 5.74) is 4.52. The highest BCUT2D eigenvalue weighted by molar-refractivity contribution is 6.35. The number of rotatable bonds is 6. The average Bonchev–Trinajstić information content (AvgIpc) is 3.53. The molecule has 2 saturated heterocycles. The van der Waals surface area contributed by atoms with E-state index in [4.69, 9.17) is 37.9 Å². The van der Waals surface area contributed by atoms with Crippen LogP contribution in [0.1, 0.15) is 54.5 Å². The number of carbonyl (C=O) groups is 1. The predicted molar refractivity (Wildman–Crippen MR) is 160 cm³/mol. The van der Waals surface area contributed by atoms with Crippen molar-refractivity contribution in [1.29, 1.82) is 5.26 Å². The van der Waals surface area contributed by atoms with E-state index in [0.29, 0.717) is 43.3 Å². The molecule has 6 rings (SSSR count). The molecule has 41 heavy (non-hydrogen) atoms. The largest absolute Gasteiger partial charge is 0.462 e. The molecular weight excluding hydrogens is 559 g/mol. The highest BCUT2D eigenvalue weighted by atomic mass is 35.5. The summed E-state index contributed by atoms with van der Waals surface area (Å²) >= 11 is 13.2. The van der Waals surface area contributed by atoms with Gasteiger partial charge in [-0.15, -0.1) is 0 Å². The lowest BCUT2D eigenvalue weighted by molar-refractivity contribution is -0.128. The molecule has 4 aliphatic rings. The smallest absolute Gasteiger partial charge is 0.318 e. The van der Waals surface area contributed by atoms with E-state index in [1.165, 1.54) is 23.6 Å². The Balaban J connectivity index is 1.35. The van der Waals surface area contributed by atoms with E-state index in [1.807, 2.05) is 6.07 Å². The van der Waals surface area contributed by atoms with Crippen LogP contribution in [0, 0.1) is 11.3 Å². The third-order valence-electron chi connectivity index (χ3n) is 9.59. The number of likely N-dealkylation sites (N-methyl/N-ethyl adjacent to an activating group) is 1. The fraction of sp³-hybridized carbons (Fsp3) is 0.548. The SMILES string of the molecule is C=CC(=O)N1CCN(c2nc(OCC3CCCN3C)nc3c2CCC2(CCc4cc(Cl)cc(Cl)c42)C3)CC1CC#N. The van der Waals surface area contributed by atoms with Crippen LogP contribution in [0.25, 0.3) is 0 Å². The highest BCUT2D eigenvalue weighted by Crippen LogP contribution is 2.51. The summed E-state index contributed by atoms with van der Waals surface area (Å²) in [5, 5.41) is 10.9. The number of piperazine rings is 1. The Kier molecular flexibility index (Phi) is 7.88. The van der Waals surface area contributed by atoms with E-state index < -0.39 is 0 Å². The predicted octanol–water partition coefficient (Wildman–Crippen LogP) is 4.75. The number of hydrogen-bond donors (Lipinski definition) is 0. The Labute approximate surface area is 251 Å². The quantitative estimate of drug-likeness (QED) is 0.446. The summed E-state index contributed by atoms with van der Waals surface area (Å²) in [6.45, 7) is 6.93. The Morgan fingerprint density at radius 2 is 2.05 bits per heavy atom. The molecule has 3 atom stereocenters. The van der Waals surface area contributed by atoms with E-state index in [9.17, 15) is 10.1 Å². The first kappa shape index (κ1) is 28.3. The Hall–Kier alpha value is -2.86. The molecule has 0 saturated carbocycles. The van der Waals surface area contributed by atoms with Crippen LogP contribution in [0.3, 0.4) is 0 Å². The Morgan fingerprint density at radius 1 is 1.22 bits per heavy atom. The summed E-state index contributed by atoms with van der Waals surface area (Å²) < 4.78 is 6.30. The summed E-state index contributed by atoms with van der Waals surface area (Å²) in [6.07, 6.45) is 8.36. The third kappa shape index (κ3) is 5.29. The second-order valence-electron chi connectivity index (χ2n) is 11.9. The number of aryl methyl sites for hydroxylation is 1. The van der Waals surface area contributed by atoms with Crippen LogP contribution in [-0.4, -0.2) is 77.6 Å². The molecule has 3 unspecified atom stereocenters. The van der Waals surface area contributed by atoms with Crippen molar-refractivity contribution in [3.05, 3.63) is 57.2 Å². The number of nitrogens with zero attached hydrogens (tertiary/aromatic N) is 6. The fourth-order valence-electron chi connectivity index (χ4n) is 7.44. The minimum Gasteiger partial charge on any atom is -0.462 e. The minimum atomic E-state index is -0.235. The van der Waals surface area contributed by atoms with Gasteiger partial charge in [0.15, 0.2) is 0 Å². The number of nitriles is 1. The van der Waals surface area contributed by atoms with Gasteiger partial charge < -0.3 is 19.4 Å². The van der Waals surface area contributed by atoms with Gasteiger partial charge in [0, 0.05) is 53.1 Å². The molecule has 3 heterocycles. The fourth-order valence-corrected chi connectivity index (χ4v) is 8.17. The lowest BCUT2D eigenvalue weighted by Crippen LogP contribution is -2.55. The normalized spacial score (nSPS) is 25.6. The van der Waals surface area contributed by atoms with Crippen LogP contribution in [-0.2, 0) is 29.5 Å². The van der Waals surface area contributed by atoms with Crippen LogP contribution < -0.4 is 9.64 Å². The van der Waals surface area contributed by atoms with Gasteiger partial charge in [0.2, 0.25) is 5.91 Å². The van der Waals surface area contributed by atoms with Gasteiger partial charge in [-0.05, 0) is 81.5 Å². The van der Waals surface area contributed by atoms with Crippen molar-refractivity contribution in [2.75, 3.05) is 44.7 Å². The molecule has 1 aromatic carbocycles. The zero-order valence-corrected chi connectivity index (χ0v) is 25.1. The monoisotopic (exact) mass is 594 g/mol. The molecule has 1 aromatic heterocycles. The lowest BCUT2D eigenvalue weighted by Gasteiger charge is -2.42. The van der Waals surface area contributed by atoms with Crippen LogP contribution >= 0.6 is 23.2 Å². The van der Waals surface area contributed by atoms with Gasteiger partial charge in [-0.25, -0.2) is 0 Å². The molecule has 1 spiro atoms. The van der Waals surface area contributed by atoms with Gasteiger partial charge in [-0.2, -0.15) is 15.2 Å². The summed E-state index contributed by atoms with van der Waals surface area (Å²) in [5.74, 6) is 0.729. The van der Waals surface area contributed by atoms with Crippen LogP contribution in [0.2, 0.25) is 10.0 Å². The lowest BCUT2D eigenvalue weighted by atomic mass is 9.69. The molecule has 2 fully saturated rings. The van der Waals surface area contributed by atoms with Gasteiger partial charge >= 0.3 is 6.01 Å². The number of halogens is 2. The maximum absolute atomic E-state index is 12.5. The molecule has 0 bridgehead atoms. The number of ether oxygens (including phenoxy) is 1. The van der Waals surface area contributed by atoms with Crippen molar-refractivity contribution in [3.8, 4) is 12.1 Å². The van der Waals surface area contributed by atoms with Crippen molar-refractivity contribution in [2.24, 2.45) is 0 Å².